The Balaban J connectivity index is 1.50. The highest BCUT2D eigenvalue weighted by Gasteiger charge is 2.33. The summed E-state index contributed by atoms with van der Waals surface area (Å²) in [6.45, 7) is 3.23. The van der Waals surface area contributed by atoms with Gasteiger partial charge in [0.1, 0.15) is 12.2 Å². The maximum atomic E-state index is 13.5. The highest BCUT2D eigenvalue weighted by atomic mass is 19.1. The van der Waals surface area contributed by atoms with Crippen LogP contribution in [0.5, 0.6) is 5.88 Å². The number of aromatic nitrogens is 1. The molecule has 0 aliphatic carbocycles. The molecule has 2 saturated heterocycles. The number of amides is 1. The molecule has 120 valence electrons. The quantitative estimate of drug-likeness (QED) is 0.858. The van der Waals surface area contributed by atoms with Crippen LogP contribution in [0.3, 0.4) is 0 Å². The number of hydrogen-bond acceptors (Lipinski definition) is 4. The van der Waals surface area contributed by atoms with E-state index in [1.165, 1.54) is 18.3 Å². The molecule has 6 heteroatoms. The number of rotatable bonds is 3. The molecule has 22 heavy (non-hydrogen) atoms. The van der Waals surface area contributed by atoms with Gasteiger partial charge in [0.05, 0.1) is 6.10 Å². The first kappa shape index (κ1) is 15.2. The monoisotopic (exact) mass is 308 g/mol. The van der Waals surface area contributed by atoms with Crippen molar-refractivity contribution in [1.82, 2.24) is 9.88 Å². The fourth-order valence-corrected chi connectivity index (χ4v) is 3.00. The highest BCUT2D eigenvalue weighted by Crippen LogP contribution is 2.24. The number of likely N-dealkylation sites (tertiary alicyclic amines) is 1. The van der Waals surface area contributed by atoms with E-state index < -0.39 is 5.82 Å². The molecule has 3 rings (SSSR count). The summed E-state index contributed by atoms with van der Waals surface area (Å²) < 4.78 is 24.8. The molecule has 2 atom stereocenters. The van der Waals surface area contributed by atoms with Gasteiger partial charge < -0.3 is 14.4 Å². The van der Waals surface area contributed by atoms with Gasteiger partial charge in [-0.15, -0.1) is 0 Å². The van der Waals surface area contributed by atoms with E-state index in [0.717, 1.165) is 12.8 Å². The SMILES string of the molecule is CC1CCC(C(=O)N2CCC(Oc3ncccc3F)CC2)O1. The molecule has 3 heterocycles. The van der Waals surface area contributed by atoms with Gasteiger partial charge in [0.25, 0.3) is 11.8 Å². The Bertz CT molecular complexity index is 532. The Morgan fingerprint density at radius 1 is 1.36 bits per heavy atom. The van der Waals surface area contributed by atoms with Crippen LogP contribution in [0.2, 0.25) is 0 Å². The lowest BCUT2D eigenvalue weighted by atomic mass is 10.1. The third kappa shape index (κ3) is 3.38. The zero-order chi connectivity index (χ0) is 15.5. The van der Waals surface area contributed by atoms with Crippen LogP contribution in [-0.4, -0.2) is 47.2 Å². The summed E-state index contributed by atoms with van der Waals surface area (Å²) in [7, 11) is 0. The summed E-state index contributed by atoms with van der Waals surface area (Å²) in [4.78, 5) is 18.1. The normalized spacial score (nSPS) is 26.2. The van der Waals surface area contributed by atoms with Crippen LogP contribution >= 0.6 is 0 Å². The van der Waals surface area contributed by atoms with Gasteiger partial charge in [0, 0.05) is 32.1 Å². The summed E-state index contributed by atoms with van der Waals surface area (Å²) in [5.74, 6) is -0.332. The highest BCUT2D eigenvalue weighted by molar-refractivity contribution is 5.81. The van der Waals surface area contributed by atoms with Crippen LogP contribution < -0.4 is 4.74 Å². The molecule has 5 nitrogen and oxygen atoms in total. The van der Waals surface area contributed by atoms with E-state index in [9.17, 15) is 9.18 Å². The Morgan fingerprint density at radius 3 is 2.77 bits per heavy atom. The van der Waals surface area contributed by atoms with Crippen molar-refractivity contribution in [2.45, 2.75) is 50.9 Å². The average molecular weight is 308 g/mol. The van der Waals surface area contributed by atoms with Crippen molar-refractivity contribution >= 4 is 5.91 Å². The fourth-order valence-electron chi connectivity index (χ4n) is 3.00. The number of pyridine rings is 1. The molecule has 2 fully saturated rings. The largest absolute Gasteiger partial charge is 0.472 e. The zero-order valence-electron chi connectivity index (χ0n) is 12.7. The van der Waals surface area contributed by atoms with E-state index in [-0.39, 0.29) is 30.1 Å². The molecule has 0 bridgehead atoms. The lowest BCUT2D eigenvalue weighted by Crippen LogP contribution is -2.46. The van der Waals surface area contributed by atoms with Gasteiger partial charge in [-0.3, -0.25) is 4.79 Å². The lowest BCUT2D eigenvalue weighted by molar-refractivity contribution is -0.144. The van der Waals surface area contributed by atoms with E-state index in [0.29, 0.717) is 25.9 Å². The average Bonchev–Trinajstić information content (AvgIpc) is 2.96. The Hall–Kier alpha value is -1.69. The van der Waals surface area contributed by atoms with Crippen molar-refractivity contribution in [1.29, 1.82) is 0 Å². The minimum Gasteiger partial charge on any atom is -0.472 e. The Morgan fingerprint density at radius 2 is 2.14 bits per heavy atom. The van der Waals surface area contributed by atoms with E-state index in [1.54, 1.807) is 0 Å². The third-order valence-corrected chi connectivity index (χ3v) is 4.26. The Labute approximate surface area is 129 Å². The van der Waals surface area contributed by atoms with Crippen LogP contribution in [-0.2, 0) is 9.53 Å². The van der Waals surface area contributed by atoms with Crippen molar-refractivity contribution in [2.75, 3.05) is 13.1 Å². The maximum absolute atomic E-state index is 13.5. The predicted octanol–water partition coefficient (Wildman–Crippen LogP) is 2.16. The zero-order valence-corrected chi connectivity index (χ0v) is 12.7. The molecule has 0 N–H and O–H groups in total. The summed E-state index contributed by atoms with van der Waals surface area (Å²) in [5, 5.41) is 0. The number of carbonyl (C=O) groups excluding carboxylic acids is 1. The second-order valence-corrected chi connectivity index (χ2v) is 5.95. The van der Waals surface area contributed by atoms with E-state index in [4.69, 9.17) is 9.47 Å². The lowest BCUT2D eigenvalue weighted by Gasteiger charge is -2.33. The second kappa shape index (κ2) is 6.60. The molecule has 2 aliphatic heterocycles. The number of nitrogens with zero attached hydrogens (tertiary/aromatic N) is 2. The minimum atomic E-state index is -0.450. The van der Waals surface area contributed by atoms with Crippen molar-refractivity contribution in [3.63, 3.8) is 0 Å². The number of hydrogen-bond donors (Lipinski definition) is 0. The Kier molecular flexibility index (Phi) is 4.57. The van der Waals surface area contributed by atoms with Crippen LogP contribution in [0.15, 0.2) is 18.3 Å². The molecular formula is C16H21FN2O3. The van der Waals surface area contributed by atoms with Crippen molar-refractivity contribution in [3.8, 4) is 5.88 Å². The van der Waals surface area contributed by atoms with E-state index in [2.05, 4.69) is 4.98 Å². The minimum absolute atomic E-state index is 0.0419. The smallest absolute Gasteiger partial charge is 0.251 e. The predicted molar refractivity (Wildman–Crippen MR) is 78.0 cm³/mol. The van der Waals surface area contributed by atoms with Crippen LogP contribution in [0.25, 0.3) is 0 Å². The molecule has 0 radical (unpaired) electrons. The van der Waals surface area contributed by atoms with Gasteiger partial charge in [0.2, 0.25) is 0 Å². The molecule has 1 aromatic rings. The third-order valence-electron chi connectivity index (χ3n) is 4.26. The molecular weight excluding hydrogens is 287 g/mol. The number of piperidine rings is 1. The first-order valence-electron chi connectivity index (χ1n) is 7.85. The molecule has 0 spiro atoms. The van der Waals surface area contributed by atoms with E-state index >= 15 is 0 Å². The van der Waals surface area contributed by atoms with Gasteiger partial charge in [-0.05, 0) is 31.9 Å². The van der Waals surface area contributed by atoms with Crippen molar-refractivity contribution in [2.24, 2.45) is 0 Å². The summed E-state index contributed by atoms with van der Waals surface area (Å²) in [6.07, 6.45) is 4.40. The fraction of sp³-hybridized carbons (Fsp3) is 0.625. The van der Waals surface area contributed by atoms with Crippen molar-refractivity contribution in [3.05, 3.63) is 24.1 Å². The number of carbonyl (C=O) groups is 1. The maximum Gasteiger partial charge on any atom is 0.251 e. The van der Waals surface area contributed by atoms with Gasteiger partial charge in [-0.25, -0.2) is 9.37 Å². The van der Waals surface area contributed by atoms with Crippen LogP contribution in [0, 0.1) is 5.82 Å². The molecule has 2 aliphatic rings. The first-order valence-corrected chi connectivity index (χ1v) is 7.85. The van der Waals surface area contributed by atoms with Crippen molar-refractivity contribution < 1.29 is 18.7 Å². The standard InChI is InChI=1S/C16H21FN2O3/c1-11-4-5-14(21-11)16(20)19-9-6-12(7-10-19)22-15-13(17)3-2-8-18-15/h2-3,8,11-12,14H,4-7,9-10H2,1H3. The molecule has 0 aromatic carbocycles. The first-order chi connectivity index (χ1) is 10.6. The molecule has 2 unspecified atom stereocenters. The molecule has 0 saturated carbocycles. The summed E-state index contributed by atoms with van der Waals surface area (Å²) in [6, 6.07) is 2.87. The van der Waals surface area contributed by atoms with Gasteiger partial charge in [0.15, 0.2) is 5.82 Å². The summed E-state index contributed by atoms with van der Waals surface area (Å²) in [5.41, 5.74) is 0. The topological polar surface area (TPSA) is 51.7 Å². The van der Waals surface area contributed by atoms with Gasteiger partial charge in [-0.2, -0.15) is 0 Å². The van der Waals surface area contributed by atoms with Crippen LogP contribution in [0.1, 0.15) is 32.6 Å². The second-order valence-electron chi connectivity index (χ2n) is 5.95. The molecule has 1 aromatic heterocycles. The van der Waals surface area contributed by atoms with Crippen LogP contribution in [0.4, 0.5) is 4.39 Å². The van der Waals surface area contributed by atoms with Gasteiger partial charge in [-0.1, -0.05) is 0 Å². The molecule has 1 amide bonds. The summed E-state index contributed by atoms with van der Waals surface area (Å²) >= 11 is 0. The van der Waals surface area contributed by atoms with Gasteiger partial charge >= 0.3 is 0 Å². The number of halogens is 1. The number of ether oxygens (including phenoxy) is 2. The van der Waals surface area contributed by atoms with E-state index in [1.807, 2.05) is 11.8 Å².